The molecule has 1 aromatic carbocycles. The Hall–Kier alpha value is -1.69. The van der Waals surface area contributed by atoms with Crippen molar-refractivity contribution in [3.63, 3.8) is 0 Å². The Bertz CT molecular complexity index is 375. The van der Waals surface area contributed by atoms with E-state index < -0.39 is 31.5 Å². The molecule has 3 N–H and O–H groups in total. The summed E-state index contributed by atoms with van der Waals surface area (Å²) in [6.45, 7) is -2.81. The first-order chi connectivity index (χ1) is 8.59. The van der Waals surface area contributed by atoms with Gasteiger partial charge in [0.25, 0.3) is 0 Å². The number of hydrogen-bond acceptors (Lipinski definition) is 2. The third-order valence-corrected chi connectivity index (χ3v) is 2.86. The number of carboxylic acid groups (broad SMARTS) is 1. The van der Waals surface area contributed by atoms with E-state index in [0.717, 1.165) is 4.90 Å². The van der Waals surface area contributed by atoms with Crippen molar-refractivity contribution >= 4 is 6.09 Å². The van der Waals surface area contributed by atoms with Crippen molar-refractivity contribution in [2.24, 2.45) is 5.73 Å². The smallest absolute Gasteiger partial charge is 0.408 e. The number of carbonyl (C=O) groups is 1. The minimum Gasteiger partial charge on any atom is -0.465 e. The lowest BCUT2D eigenvalue weighted by Gasteiger charge is -2.37. The molecular formula is C12H16F2N2O2. The second kappa shape index (κ2) is 6.30. The average molecular weight is 258 g/mol. The highest BCUT2D eigenvalue weighted by Crippen LogP contribution is 2.20. The van der Waals surface area contributed by atoms with Crippen LogP contribution < -0.4 is 5.73 Å². The largest absolute Gasteiger partial charge is 0.465 e. The van der Waals surface area contributed by atoms with E-state index in [4.69, 9.17) is 10.8 Å². The zero-order chi connectivity index (χ0) is 13.6. The van der Waals surface area contributed by atoms with Crippen LogP contribution in [0.25, 0.3) is 0 Å². The molecule has 18 heavy (non-hydrogen) atoms. The van der Waals surface area contributed by atoms with Crippen molar-refractivity contribution in [2.45, 2.75) is 12.1 Å². The molecule has 1 amide bonds. The molecule has 0 bridgehead atoms. The van der Waals surface area contributed by atoms with Gasteiger partial charge in [0.2, 0.25) is 0 Å². The number of nitrogens with zero attached hydrogens (tertiary/aromatic N) is 1. The van der Waals surface area contributed by atoms with Crippen molar-refractivity contribution in [3.8, 4) is 0 Å². The number of hydrogen-bond donors (Lipinski definition) is 2. The lowest BCUT2D eigenvalue weighted by Crippen LogP contribution is -2.58. The van der Waals surface area contributed by atoms with Crippen LogP contribution in [0.3, 0.4) is 0 Å². The zero-order valence-electron chi connectivity index (χ0n) is 9.85. The Balaban J connectivity index is 2.99. The third-order valence-electron chi connectivity index (χ3n) is 2.86. The van der Waals surface area contributed by atoms with Crippen molar-refractivity contribution in [2.75, 3.05) is 19.9 Å². The van der Waals surface area contributed by atoms with Gasteiger partial charge in [-0.1, -0.05) is 30.3 Å². The van der Waals surface area contributed by atoms with Crippen molar-refractivity contribution in [1.29, 1.82) is 0 Å². The molecule has 0 saturated carbocycles. The van der Waals surface area contributed by atoms with E-state index in [1.165, 1.54) is 0 Å². The maximum atomic E-state index is 13.0. The van der Waals surface area contributed by atoms with Gasteiger partial charge in [-0.05, 0) is 5.56 Å². The van der Waals surface area contributed by atoms with Crippen LogP contribution >= 0.6 is 0 Å². The fourth-order valence-electron chi connectivity index (χ4n) is 1.60. The van der Waals surface area contributed by atoms with Gasteiger partial charge in [0, 0.05) is 13.1 Å². The summed E-state index contributed by atoms with van der Waals surface area (Å²) >= 11 is 0. The molecule has 0 radical (unpaired) electrons. The van der Waals surface area contributed by atoms with Gasteiger partial charge in [0.05, 0.1) is 0 Å². The van der Waals surface area contributed by atoms with E-state index in [1.807, 2.05) is 0 Å². The molecule has 0 fully saturated rings. The Morgan fingerprint density at radius 3 is 2.22 bits per heavy atom. The summed E-state index contributed by atoms with van der Waals surface area (Å²) in [5.74, 6) is 0. The van der Waals surface area contributed by atoms with Gasteiger partial charge in [-0.15, -0.1) is 0 Å². The Kier molecular flexibility index (Phi) is 5.03. The summed E-state index contributed by atoms with van der Waals surface area (Å²) in [7, 11) is 0. The molecular weight excluding hydrogens is 242 g/mol. The van der Waals surface area contributed by atoms with E-state index >= 15 is 0 Å². The molecule has 6 heteroatoms. The molecule has 0 aliphatic carbocycles. The molecule has 0 saturated heterocycles. The predicted octanol–water partition coefficient (Wildman–Crippen LogP) is 1.80. The van der Waals surface area contributed by atoms with Crippen molar-refractivity contribution < 1.29 is 18.7 Å². The summed E-state index contributed by atoms with van der Waals surface area (Å²) in [5, 5.41) is 9.10. The molecule has 0 aliphatic rings. The van der Waals surface area contributed by atoms with Crippen LogP contribution in [-0.4, -0.2) is 41.5 Å². The van der Waals surface area contributed by atoms with Gasteiger partial charge in [-0.3, -0.25) is 4.90 Å². The van der Waals surface area contributed by atoms with Gasteiger partial charge in [0.1, 0.15) is 18.9 Å². The zero-order valence-corrected chi connectivity index (χ0v) is 9.85. The molecule has 0 unspecified atom stereocenters. The topological polar surface area (TPSA) is 66.6 Å². The first kappa shape index (κ1) is 14.4. The summed E-state index contributed by atoms with van der Waals surface area (Å²) in [5.41, 5.74) is 4.18. The number of rotatable bonds is 6. The summed E-state index contributed by atoms with van der Waals surface area (Å²) in [6.07, 6.45) is -1.39. The quantitative estimate of drug-likeness (QED) is 0.817. The Morgan fingerprint density at radius 1 is 1.28 bits per heavy atom. The van der Waals surface area contributed by atoms with Crippen LogP contribution in [0.1, 0.15) is 5.56 Å². The molecule has 4 nitrogen and oxygen atoms in total. The number of amides is 1. The van der Waals surface area contributed by atoms with Gasteiger partial charge in [0.15, 0.2) is 0 Å². The van der Waals surface area contributed by atoms with Gasteiger partial charge in [-0.25, -0.2) is 13.6 Å². The van der Waals surface area contributed by atoms with Crippen LogP contribution in [0, 0.1) is 0 Å². The third kappa shape index (κ3) is 2.95. The molecule has 0 heterocycles. The van der Waals surface area contributed by atoms with Gasteiger partial charge in [-0.2, -0.15) is 0 Å². The summed E-state index contributed by atoms with van der Waals surface area (Å²) in [6, 6.07) is 8.60. The molecule has 1 rings (SSSR count). The van der Waals surface area contributed by atoms with Crippen LogP contribution in [0.15, 0.2) is 30.3 Å². The average Bonchev–Trinajstić information content (AvgIpc) is 2.41. The lowest BCUT2D eigenvalue weighted by atomic mass is 10.0. The molecule has 0 atom stereocenters. The molecule has 0 spiro atoms. The van der Waals surface area contributed by atoms with Crippen molar-refractivity contribution in [1.82, 2.24) is 4.90 Å². The van der Waals surface area contributed by atoms with E-state index in [9.17, 15) is 13.6 Å². The summed E-state index contributed by atoms with van der Waals surface area (Å²) < 4.78 is 26.0. The van der Waals surface area contributed by atoms with E-state index in [2.05, 4.69) is 0 Å². The fraction of sp³-hybridized carbons (Fsp3) is 0.417. The second-order valence-electron chi connectivity index (χ2n) is 4.05. The molecule has 100 valence electrons. The first-order valence-corrected chi connectivity index (χ1v) is 5.46. The highest BCUT2D eigenvalue weighted by molar-refractivity contribution is 5.66. The molecule has 1 aromatic rings. The van der Waals surface area contributed by atoms with Gasteiger partial charge >= 0.3 is 6.09 Å². The minimum absolute atomic E-state index is 0.0960. The first-order valence-electron chi connectivity index (χ1n) is 5.46. The maximum absolute atomic E-state index is 13.0. The van der Waals surface area contributed by atoms with E-state index in [1.54, 1.807) is 30.3 Å². The standard InChI is InChI=1S/C12H16F2N2O2/c13-7-12(8-14,9-15)16(11(17)18)6-10-4-2-1-3-5-10/h1-5H,6-9,15H2,(H,17,18). The Morgan fingerprint density at radius 2 is 1.83 bits per heavy atom. The Labute approximate surface area is 104 Å². The van der Waals surface area contributed by atoms with Crippen molar-refractivity contribution in [3.05, 3.63) is 35.9 Å². The normalized spacial score (nSPS) is 11.3. The minimum atomic E-state index is -1.80. The fourth-order valence-corrected chi connectivity index (χ4v) is 1.60. The number of alkyl halides is 2. The molecule has 0 aliphatic heterocycles. The summed E-state index contributed by atoms with van der Waals surface area (Å²) in [4.78, 5) is 11.9. The number of halogens is 2. The van der Waals surface area contributed by atoms with Crippen LogP contribution in [-0.2, 0) is 6.54 Å². The number of benzene rings is 1. The second-order valence-corrected chi connectivity index (χ2v) is 4.05. The van der Waals surface area contributed by atoms with E-state index in [0.29, 0.717) is 5.56 Å². The highest BCUT2D eigenvalue weighted by Gasteiger charge is 2.39. The lowest BCUT2D eigenvalue weighted by molar-refractivity contribution is 0.0398. The highest BCUT2D eigenvalue weighted by atomic mass is 19.1. The predicted molar refractivity (Wildman–Crippen MR) is 63.7 cm³/mol. The maximum Gasteiger partial charge on any atom is 0.408 e. The molecule has 0 aromatic heterocycles. The number of nitrogens with two attached hydrogens (primary N) is 1. The van der Waals surface area contributed by atoms with Crippen LogP contribution in [0.2, 0.25) is 0 Å². The van der Waals surface area contributed by atoms with E-state index in [-0.39, 0.29) is 6.54 Å². The van der Waals surface area contributed by atoms with Crippen LogP contribution in [0.5, 0.6) is 0 Å². The van der Waals surface area contributed by atoms with Crippen LogP contribution in [0.4, 0.5) is 13.6 Å². The SMILES string of the molecule is NCC(CF)(CF)N(Cc1ccccc1)C(=O)O. The monoisotopic (exact) mass is 258 g/mol. The van der Waals surface area contributed by atoms with Gasteiger partial charge < -0.3 is 10.8 Å².